The van der Waals surface area contributed by atoms with Gasteiger partial charge >= 0.3 is 5.97 Å². The fraction of sp³-hybridized carbons (Fsp3) is 0.158. The molecular weight excluding hydrogens is 326 g/mol. The quantitative estimate of drug-likeness (QED) is 0.365. The lowest BCUT2D eigenvalue weighted by atomic mass is 10.1. The smallest absolute Gasteiger partial charge is 0.343 e. The Bertz CT molecular complexity index is 754. The molecule has 24 heavy (non-hydrogen) atoms. The van der Waals surface area contributed by atoms with Gasteiger partial charge < -0.3 is 9.84 Å². The number of ether oxygens (including phenoxy) is 1. The lowest BCUT2D eigenvalue weighted by molar-refractivity contribution is -0.137. The predicted molar refractivity (Wildman–Crippen MR) is 96.3 cm³/mol. The number of halogens is 1. The van der Waals surface area contributed by atoms with Gasteiger partial charge in [-0.2, -0.15) is 0 Å². The Morgan fingerprint density at radius 2 is 1.83 bits per heavy atom. The van der Waals surface area contributed by atoms with E-state index in [0.29, 0.717) is 17.1 Å². The van der Waals surface area contributed by atoms with Gasteiger partial charge in [0.2, 0.25) is 0 Å². The molecule has 124 valence electrons. The topological polar surface area (TPSA) is 58.9 Å². The molecule has 2 aromatic rings. The zero-order valence-corrected chi connectivity index (χ0v) is 14.0. The number of carbonyl (C=O) groups excluding carboxylic acids is 1. The Morgan fingerprint density at radius 3 is 2.50 bits per heavy atom. The molecule has 0 atom stereocenters. The van der Waals surface area contributed by atoms with Crippen molar-refractivity contribution in [3.05, 3.63) is 76.3 Å². The summed E-state index contributed by atoms with van der Waals surface area (Å²) >= 11 is 6.08. The molecule has 0 fully saturated rings. The fourth-order valence-corrected chi connectivity index (χ4v) is 2.27. The number of benzene rings is 2. The van der Waals surface area contributed by atoms with E-state index >= 15 is 0 Å². The van der Waals surface area contributed by atoms with Crippen molar-refractivity contribution in [2.75, 3.05) is 6.61 Å². The Morgan fingerprint density at radius 1 is 1.17 bits per heavy atom. The minimum Gasteiger partial charge on any atom is -0.506 e. The normalized spacial score (nSPS) is 12.1. The Hall–Kier alpha value is -2.59. The first-order valence-electron chi connectivity index (χ1n) is 7.52. The SMILES string of the molecule is CCOC(=O)/C(C=NCc1ccccc1)=C(\O)c1ccccc1Cl. The second-order valence-electron chi connectivity index (χ2n) is 4.92. The van der Waals surface area contributed by atoms with Crippen LogP contribution < -0.4 is 0 Å². The van der Waals surface area contributed by atoms with Crippen LogP contribution >= 0.6 is 11.6 Å². The van der Waals surface area contributed by atoms with Gasteiger partial charge in [-0.1, -0.05) is 54.1 Å². The molecule has 0 aliphatic carbocycles. The summed E-state index contributed by atoms with van der Waals surface area (Å²) in [5.41, 5.74) is 1.32. The van der Waals surface area contributed by atoms with Gasteiger partial charge in [0, 0.05) is 11.8 Å². The van der Waals surface area contributed by atoms with Crippen molar-refractivity contribution in [3.63, 3.8) is 0 Å². The van der Waals surface area contributed by atoms with E-state index < -0.39 is 5.97 Å². The molecule has 0 aliphatic rings. The molecule has 4 nitrogen and oxygen atoms in total. The molecule has 2 rings (SSSR count). The van der Waals surface area contributed by atoms with Gasteiger partial charge in [-0.25, -0.2) is 4.79 Å². The van der Waals surface area contributed by atoms with Crippen LogP contribution in [-0.4, -0.2) is 23.9 Å². The molecule has 0 unspecified atom stereocenters. The van der Waals surface area contributed by atoms with Crippen molar-refractivity contribution in [2.45, 2.75) is 13.5 Å². The molecule has 0 aromatic heterocycles. The summed E-state index contributed by atoms with van der Waals surface area (Å²) in [5.74, 6) is -0.900. The first-order valence-corrected chi connectivity index (χ1v) is 7.90. The third-order valence-electron chi connectivity index (χ3n) is 3.22. The zero-order chi connectivity index (χ0) is 17.4. The van der Waals surface area contributed by atoms with E-state index in [1.54, 1.807) is 31.2 Å². The van der Waals surface area contributed by atoms with Crippen molar-refractivity contribution < 1.29 is 14.6 Å². The molecule has 0 spiro atoms. The summed E-state index contributed by atoms with van der Waals surface area (Å²) in [6.07, 6.45) is 1.32. The highest BCUT2D eigenvalue weighted by Crippen LogP contribution is 2.24. The first-order chi connectivity index (χ1) is 11.6. The average molecular weight is 344 g/mol. The number of nitrogens with zero attached hydrogens (tertiary/aromatic N) is 1. The summed E-state index contributed by atoms with van der Waals surface area (Å²) in [6.45, 7) is 2.29. The van der Waals surface area contributed by atoms with Gasteiger partial charge in [0.05, 0.1) is 18.2 Å². The maximum absolute atomic E-state index is 12.1. The second kappa shape index (κ2) is 8.89. The van der Waals surface area contributed by atoms with Crippen LogP contribution in [0.25, 0.3) is 5.76 Å². The number of aliphatic hydroxyl groups excluding tert-OH is 1. The number of hydrogen-bond acceptors (Lipinski definition) is 4. The molecular formula is C19H18ClNO3. The van der Waals surface area contributed by atoms with Gasteiger partial charge in [0.25, 0.3) is 0 Å². The first kappa shape index (κ1) is 17.8. The molecule has 0 aliphatic heterocycles. The van der Waals surface area contributed by atoms with E-state index in [1.165, 1.54) is 6.21 Å². The lowest BCUT2D eigenvalue weighted by Crippen LogP contribution is -2.11. The third kappa shape index (κ3) is 4.70. The minimum absolute atomic E-state index is 0.0270. The maximum atomic E-state index is 12.1. The number of hydrogen-bond donors (Lipinski definition) is 1. The Labute approximate surface area is 146 Å². The van der Waals surface area contributed by atoms with E-state index in [0.717, 1.165) is 5.56 Å². The van der Waals surface area contributed by atoms with Gasteiger partial charge in [-0.15, -0.1) is 0 Å². The van der Waals surface area contributed by atoms with Crippen LogP contribution in [0.3, 0.4) is 0 Å². The standard InChI is InChI=1S/C19H18ClNO3/c1-2-24-19(23)16(13-21-12-14-8-4-3-5-9-14)18(22)15-10-6-7-11-17(15)20/h3-11,13,22H,2,12H2,1H3/b18-16-,21-13?. The Kier molecular flexibility index (Phi) is 6.58. The van der Waals surface area contributed by atoms with Gasteiger partial charge in [-0.05, 0) is 24.6 Å². The van der Waals surface area contributed by atoms with E-state index in [4.69, 9.17) is 16.3 Å². The average Bonchev–Trinajstić information content (AvgIpc) is 2.60. The molecule has 5 heteroatoms. The number of aliphatic hydroxyl groups is 1. The second-order valence-corrected chi connectivity index (χ2v) is 5.33. The van der Waals surface area contributed by atoms with Crippen LogP contribution in [0.4, 0.5) is 0 Å². The summed E-state index contributed by atoms with van der Waals surface area (Å²) in [5, 5.41) is 10.8. The highest BCUT2D eigenvalue weighted by Gasteiger charge is 2.17. The monoisotopic (exact) mass is 343 g/mol. The van der Waals surface area contributed by atoms with E-state index in [9.17, 15) is 9.90 Å². The molecule has 0 bridgehead atoms. The van der Waals surface area contributed by atoms with Crippen LogP contribution in [0.2, 0.25) is 5.02 Å². The molecule has 0 saturated carbocycles. The number of esters is 1. The molecule has 1 N–H and O–H groups in total. The van der Waals surface area contributed by atoms with Crippen molar-refractivity contribution >= 4 is 29.5 Å². The van der Waals surface area contributed by atoms with E-state index in [2.05, 4.69) is 4.99 Å². The van der Waals surface area contributed by atoms with E-state index in [1.807, 2.05) is 30.3 Å². The minimum atomic E-state index is -0.647. The highest BCUT2D eigenvalue weighted by atomic mass is 35.5. The Balaban J connectivity index is 2.32. The molecule has 0 heterocycles. The molecule has 2 aromatic carbocycles. The van der Waals surface area contributed by atoms with Crippen molar-refractivity contribution in [3.8, 4) is 0 Å². The van der Waals surface area contributed by atoms with Crippen molar-refractivity contribution in [1.29, 1.82) is 0 Å². The lowest BCUT2D eigenvalue weighted by Gasteiger charge is -2.08. The predicted octanol–water partition coefficient (Wildman–Crippen LogP) is 4.44. The third-order valence-corrected chi connectivity index (χ3v) is 3.55. The fourth-order valence-electron chi connectivity index (χ4n) is 2.04. The van der Waals surface area contributed by atoms with Crippen molar-refractivity contribution in [2.24, 2.45) is 4.99 Å². The number of carbonyl (C=O) groups is 1. The van der Waals surface area contributed by atoms with Gasteiger partial charge in [0.1, 0.15) is 11.3 Å². The van der Waals surface area contributed by atoms with Crippen LogP contribution in [0.1, 0.15) is 18.1 Å². The van der Waals surface area contributed by atoms with Crippen molar-refractivity contribution in [1.82, 2.24) is 0 Å². The summed E-state index contributed by atoms with van der Waals surface area (Å²) in [4.78, 5) is 16.4. The molecule has 0 saturated heterocycles. The maximum Gasteiger partial charge on any atom is 0.343 e. The largest absolute Gasteiger partial charge is 0.506 e. The molecule has 0 amide bonds. The number of aliphatic imine (C=N–C) groups is 1. The van der Waals surface area contributed by atoms with Crippen LogP contribution in [0.5, 0.6) is 0 Å². The summed E-state index contributed by atoms with van der Waals surface area (Å²) in [6, 6.07) is 16.3. The zero-order valence-electron chi connectivity index (χ0n) is 13.3. The van der Waals surface area contributed by atoms with Crippen LogP contribution in [0, 0.1) is 0 Å². The summed E-state index contributed by atoms with van der Waals surface area (Å²) < 4.78 is 5.00. The molecule has 0 radical (unpaired) electrons. The van der Waals surface area contributed by atoms with Gasteiger partial charge in [0.15, 0.2) is 0 Å². The van der Waals surface area contributed by atoms with Crippen LogP contribution in [0.15, 0.2) is 65.2 Å². The van der Waals surface area contributed by atoms with E-state index in [-0.39, 0.29) is 17.9 Å². The van der Waals surface area contributed by atoms with Gasteiger partial charge in [-0.3, -0.25) is 4.99 Å². The van der Waals surface area contributed by atoms with Crippen LogP contribution in [-0.2, 0) is 16.1 Å². The number of rotatable bonds is 6. The highest BCUT2D eigenvalue weighted by molar-refractivity contribution is 6.32. The summed E-state index contributed by atoms with van der Waals surface area (Å²) in [7, 11) is 0.